The lowest BCUT2D eigenvalue weighted by atomic mass is 9.88. The summed E-state index contributed by atoms with van der Waals surface area (Å²) in [5.41, 5.74) is 0.834. The van der Waals surface area contributed by atoms with Crippen LogP contribution in [-0.2, 0) is 19.4 Å². The van der Waals surface area contributed by atoms with E-state index in [2.05, 4.69) is 0 Å². The fourth-order valence-corrected chi connectivity index (χ4v) is 3.67. The van der Waals surface area contributed by atoms with E-state index in [1.165, 1.54) is 26.2 Å². The predicted octanol–water partition coefficient (Wildman–Crippen LogP) is 2.93. The van der Waals surface area contributed by atoms with Crippen LogP contribution in [-0.4, -0.2) is 27.8 Å². The van der Waals surface area contributed by atoms with Gasteiger partial charge in [0.1, 0.15) is 0 Å². The van der Waals surface area contributed by atoms with Gasteiger partial charge in [0.15, 0.2) is 9.84 Å². The molecule has 1 aromatic carbocycles. The van der Waals surface area contributed by atoms with E-state index in [0.29, 0.717) is 5.92 Å². The second kappa shape index (κ2) is 6.60. The van der Waals surface area contributed by atoms with Crippen LogP contribution in [0.5, 0.6) is 0 Å². The molecule has 1 atom stereocenters. The Labute approximate surface area is 126 Å². The third-order valence-electron chi connectivity index (χ3n) is 4.24. The van der Waals surface area contributed by atoms with Crippen molar-refractivity contribution < 1.29 is 17.9 Å². The fraction of sp³-hybridized carbons (Fsp3) is 0.562. The Hall–Kier alpha value is -1.36. The van der Waals surface area contributed by atoms with Crippen molar-refractivity contribution in [2.24, 2.45) is 5.92 Å². The molecular weight excluding hydrogens is 288 g/mol. The molecule has 1 aliphatic rings. The van der Waals surface area contributed by atoms with Crippen LogP contribution >= 0.6 is 0 Å². The summed E-state index contributed by atoms with van der Waals surface area (Å²) in [6, 6.07) is 6.59. The molecule has 0 aliphatic heterocycles. The zero-order valence-electron chi connectivity index (χ0n) is 12.5. The normalized spacial score (nSPS) is 17.6. The first-order valence-electron chi connectivity index (χ1n) is 7.29. The molecule has 1 aromatic rings. The molecule has 1 saturated carbocycles. The molecule has 0 heterocycles. The van der Waals surface area contributed by atoms with Gasteiger partial charge in [-0.1, -0.05) is 37.8 Å². The zero-order chi connectivity index (χ0) is 15.5. The maximum Gasteiger partial charge on any atom is 0.313 e. The maximum atomic E-state index is 12.0. The molecule has 0 saturated heterocycles. The summed E-state index contributed by atoms with van der Waals surface area (Å²) in [4.78, 5) is 12.3. The molecule has 0 N–H and O–H groups in total. The molecule has 4 nitrogen and oxygen atoms in total. The Kier molecular flexibility index (Phi) is 5.04. The predicted molar refractivity (Wildman–Crippen MR) is 80.9 cm³/mol. The summed E-state index contributed by atoms with van der Waals surface area (Å²) in [5, 5.41) is 0. The van der Waals surface area contributed by atoms with Gasteiger partial charge in [-0.3, -0.25) is 4.79 Å². The van der Waals surface area contributed by atoms with E-state index in [4.69, 9.17) is 4.74 Å². The van der Waals surface area contributed by atoms with Crippen molar-refractivity contribution in [2.75, 3.05) is 13.4 Å². The van der Waals surface area contributed by atoms with Crippen molar-refractivity contribution in [1.29, 1.82) is 0 Å². The average molecular weight is 310 g/mol. The molecule has 1 aliphatic carbocycles. The van der Waals surface area contributed by atoms with E-state index in [9.17, 15) is 13.2 Å². The Bertz CT molecular complexity index is 583. The van der Waals surface area contributed by atoms with E-state index in [-0.39, 0.29) is 16.8 Å². The van der Waals surface area contributed by atoms with Crippen molar-refractivity contribution in [1.82, 2.24) is 0 Å². The number of esters is 1. The second-order valence-corrected chi connectivity index (χ2v) is 7.82. The van der Waals surface area contributed by atoms with Crippen molar-refractivity contribution >= 4 is 15.8 Å². The van der Waals surface area contributed by atoms with Crippen molar-refractivity contribution in [3.05, 3.63) is 29.8 Å². The summed E-state index contributed by atoms with van der Waals surface area (Å²) in [6.07, 6.45) is 6.74. The summed E-state index contributed by atoms with van der Waals surface area (Å²) >= 11 is 0. The molecule has 2 rings (SSSR count). The Balaban J connectivity index is 2.21. The number of carbonyl (C=O) groups is 1. The standard InChI is InChI=1S/C16H22O4S/c1-20-16(17)15(11-12-5-3-4-6-12)13-7-9-14(10-8-13)21(2,18)19/h7-10,12,15H,3-6,11H2,1-2H3. The summed E-state index contributed by atoms with van der Waals surface area (Å²) in [7, 11) is -1.81. The number of carbonyl (C=O) groups excluding carboxylic acids is 1. The van der Waals surface area contributed by atoms with Gasteiger partial charge in [-0.05, 0) is 30.0 Å². The zero-order valence-corrected chi connectivity index (χ0v) is 13.4. The summed E-state index contributed by atoms with van der Waals surface area (Å²) < 4.78 is 27.9. The summed E-state index contributed by atoms with van der Waals surface area (Å²) in [5.74, 6) is 0.0180. The smallest absolute Gasteiger partial charge is 0.313 e. The SMILES string of the molecule is COC(=O)C(CC1CCCC1)c1ccc(S(C)(=O)=O)cc1. The van der Waals surface area contributed by atoms with E-state index < -0.39 is 9.84 Å². The molecular formula is C16H22O4S. The van der Waals surface area contributed by atoms with Gasteiger partial charge in [0.2, 0.25) is 0 Å². The molecule has 1 fully saturated rings. The number of sulfone groups is 1. The first kappa shape index (κ1) is 16.0. The number of rotatable bonds is 5. The minimum absolute atomic E-state index is 0.242. The van der Waals surface area contributed by atoms with Gasteiger partial charge in [-0.25, -0.2) is 8.42 Å². The van der Waals surface area contributed by atoms with E-state index in [1.807, 2.05) is 0 Å². The number of benzene rings is 1. The summed E-state index contributed by atoms with van der Waals surface area (Å²) in [6.45, 7) is 0. The minimum Gasteiger partial charge on any atom is -0.469 e. The fourth-order valence-electron chi connectivity index (χ4n) is 3.04. The number of hydrogen-bond donors (Lipinski definition) is 0. The van der Waals surface area contributed by atoms with E-state index in [1.54, 1.807) is 24.3 Å². The van der Waals surface area contributed by atoms with Gasteiger partial charge >= 0.3 is 5.97 Å². The highest BCUT2D eigenvalue weighted by molar-refractivity contribution is 7.90. The van der Waals surface area contributed by atoms with Gasteiger partial charge in [0.25, 0.3) is 0 Å². The lowest BCUT2D eigenvalue weighted by Crippen LogP contribution is -2.17. The quantitative estimate of drug-likeness (QED) is 0.785. The van der Waals surface area contributed by atoms with Crippen LogP contribution in [0, 0.1) is 5.92 Å². The van der Waals surface area contributed by atoms with Gasteiger partial charge in [-0.15, -0.1) is 0 Å². The van der Waals surface area contributed by atoms with E-state index in [0.717, 1.165) is 24.8 Å². The van der Waals surface area contributed by atoms with Crippen molar-refractivity contribution in [2.45, 2.75) is 42.9 Å². The highest BCUT2D eigenvalue weighted by Crippen LogP contribution is 2.35. The third-order valence-corrected chi connectivity index (χ3v) is 5.37. The molecule has 1 unspecified atom stereocenters. The Morgan fingerprint density at radius 1 is 1.24 bits per heavy atom. The van der Waals surface area contributed by atoms with Gasteiger partial charge in [0, 0.05) is 6.26 Å². The highest BCUT2D eigenvalue weighted by Gasteiger charge is 2.27. The van der Waals surface area contributed by atoms with Crippen LogP contribution in [0.4, 0.5) is 0 Å². The van der Waals surface area contributed by atoms with Gasteiger partial charge in [0.05, 0.1) is 17.9 Å². The lowest BCUT2D eigenvalue weighted by molar-refractivity contribution is -0.142. The van der Waals surface area contributed by atoms with Gasteiger partial charge in [-0.2, -0.15) is 0 Å². The first-order valence-corrected chi connectivity index (χ1v) is 9.19. The molecule has 0 bridgehead atoms. The number of ether oxygens (including phenoxy) is 1. The number of hydrogen-bond acceptors (Lipinski definition) is 4. The third kappa shape index (κ3) is 4.06. The average Bonchev–Trinajstić information content (AvgIpc) is 2.96. The van der Waals surface area contributed by atoms with Crippen LogP contribution in [0.15, 0.2) is 29.2 Å². The van der Waals surface area contributed by atoms with Crippen LogP contribution in [0.3, 0.4) is 0 Å². The molecule has 0 aromatic heterocycles. The molecule has 0 spiro atoms. The first-order chi connectivity index (χ1) is 9.91. The van der Waals surface area contributed by atoms with Gasteiger partial charge < -0.3 is 4.74 Å². The highest BCUT2D eigenvalue weighted by atomic mass is 32.2. The molecule has 116 valence electrons. The Morgan fingerprint density at radius 3 is 2.29 bits per heavy atom. The van der Waals surface area contributed by atoms with Crippen LogP contribution in [0.2, 0.25) is 0 Å². The van der Waals surface area contributed by atoms with Crippen LogP contribution < -0.4 is 0 Å². The van der Waals surface area contributed by atoms with Crippen LogP contribution in [0.1, 0.15) is 43.6 Å². The number of methoxy groups -OCH3 is 1. The molecule has 0 amide bonds. The van der Waals surface area contributed by atoms with Crippen molar-refractivity contribution in [3.63, 3.8) is 0 Å². The Morgan fingerprint density at radius 2 is 1.81 bits per heavy atom. The minimum atomic E-state index is -3.21. The van der Waals surface area contributed by atoms with Crippen LogP contribution in [0.25, 0.3) is 0 Å². The molecule has 0 radical (unpaired) electrons. The monoisotopic (exact) mass is 310 g/mol. The second-order valence-electron chi connectivity index (χ2n) is 5.80. The topological polar surface area (TPSA) is 60.4 Å². The lowest BCUT2D eigenvalue weighted by Gasteiger charge is -2.19. The molecule has 5 heteroatoms. The van der Waals surface area contributed by atoms with E-state index >= 15 is 0 Å². The molecule has 21 heavy (non-hydrogen) atoms. The largest absolute Gasteiger partial charge is 0.469 e. The maximum absolute atomic E-state index is 12.0. The van der Waals surface area contributed by atoms with Crippen molar-refractivity contribution in [3.8, 4) is 0 Å².